The summed E-state index contributed by atoms with van der Waals surface area (Å²) in [4.78, 5) is 46.0. The van der Waals surface area contributed by atoms with Crippen LogP contribution in [0.1, 0.15) is 48.4 Å². The van der Waals surface area contributed by atoms with Crippen molar-refractivity contribution in [1.29, 1.82) is 0 Å². The van der Waals surface area contributed by atoms with Gasteiger partial charge in [0.1, 0.15) is 5.82 Å². The number of aromatic nitrogens is 3. The number of ether oxygens (including phenoxy) is 1. The Kier molecular flexibility index (Phi) is 5.09. The van der Waals surface area contributed by atoms with E-state index in [2.05, 4.69) is 9.97 Å². The quantitative estimate of drug-likeness (QED) is 0.354. The van der Waals surface area contributed by atoms with Gasteiger partial charge in [-0.15, -0.1) is 0 Å². The molecule has 7 nitrogen and oxygen atoms in total. The van der Waals surface area contributed by atoms with Gasteiger partial charge in [-0.2, -0.15) is 0 Å². The van der Waals surface area contributed by atoms with Crippen LogP contribution in [0.25, 0.3) is 21.8 Å². The minimum atomic E-state index is -0.906. The maximum absolute atomic E-state index is 12.9. The third-order valence-electron chi connectivity index (χ3n) is 5.88. The molecule has 2 aromatic heterocycles. The molecule has 0 saturated heterocycles. The molecule has 2 aromatic carbocycles. The number of aromatic amines is 1. The van der Waals surface area contributed by atoms with Crippen molar-refractivity contribution in [2.24, 2.45) is 0 Å². The predicted octanol–water partition coefficient (Wildman–Crippen LogP) is 3.96. The Morgan fingerprint density at radius 3 is 2.62 bits per heavy atom. The molecule has 2 heterocycles. The van der Waals surface area contributed by atoms with Gasteiger partial charge in [0.2, 0.25) is 5.78 Å². The lowest BCUT2D eigenvalue weighted by atomic mass is 10.1. The Labute approximate surface area is 184 Å². The van der Waals surface area contributed by atoms with Crippen LogP contribution in [0.4, 0.5) is 0 Å². The summed E-state index contributed by atoms with van der Waals surface area (Å²) < 4.78 is 7.14. The summed E-state index contributed by atoms with van der Waals surface area (Å²) in [5.41, 5.74) is 1.92. The van der Waals surface area contributed by atoms with Gasteiger partial charge in [0.05, 0.1) is 17.3 Å². The number of rotatable bonds is 7. The largest absolute Gasteiger partial charge is 0.454 e. The Morgan fingerprint density at radius 1 is 1.12 bits per heavy atom. The molecule has 1 aliphatic carbocycles. The lowest BCUT2D eigenvalue weighted by Gasteiger charge is -2.14. The van der Waals surface area contributed by atoms with Crippen molar-refractivity contribution in [2.75, 3.05) is 0 Å². The van der Waals surface area contributed by atoms with Crippen molar-refractivity contribution in [3.05, 3.63) is 76.5 Å². The van der Waals surface area contributed by atoms with Gasteiger partial charge in [-0.05, 0) is 38.0 Å². The van der Waals surface area contributed by atoms with Crippen LogP contribution >= 0.6 is 0 Å². The highest BCUT2D eigenvalue weighted by atomic mass is 16.5. The number of carbonyl (C=O) groups is 2. The van der Waals surface area contributed by atoms with E-state index in [-0.39, 0.29) is 30.2 Å². The number of H-pyrrole nitrogens is 1. The van der Waals surface area contributed by atoms with E-state index in [1.807, 2.05) is 36.4 Å². The van der Waals surface area contributed by atoms with Crippen molar-refractivity contribution in [1.82, 2.24) is 14.5 Å². The van der Waals surface area contributed by atoms with E-state index in [1.165, 1.54) is 0 Å². The summed E-state index contributed by atoms with van der Waals surface area (Å²) >= 11 is 0. The first-order valence-electron chi connectivity index (χ1n) is 10.8. The normalized spacial score (nSPS) is 14.5. The molecule has 7 heteroatoms. The summed E-state index contributed by atoms with van der Waals surface area (Å²) in [6.07, 6.45) is 2.94. The number of hydrogen-bond donors (Lipinski definition) is 1. The number of fused-ring (bicyclic) bond motifs is 2. The highest BCUT2D eigenvalue weighted by Crippen LogP contribution is 2.35. The van der Waals surface area contributed by atoms with Crippen LogP contribution in [0.15, 0.2) is 59.5 Å². The average molecular weight is 429 g/mol. The van der Waals surface area contributed by atoms with Crippen LogP contribution in [-0.2, 0) is 16.0 Å². The van der Waals surface area contributed by atoms with E-state index in [1.54, 1.807) is 29.8 Å². The van der Waals surface area contributed by atoms with Crippen LogP contribution in [0, 0.1) is 0 Å². The number of Topliss-reactive ketones (excluding diaryl/α,β-unsaturated/α-hetero) is 1. The molecule has 0 unspecified atom stereocenters. The zero-order chi connectivity index (χ0) is 22.2. The fourth-order valence-corrected chi connectivity index (χ4v) is 4.10. The molecule has 1 fully saturated rings. The monoisotopic (exact) mass is 429 g/mol. The molecule has 0 radical (unpaired) electrons. The minimum Gasteiger partial charge on any atom is -0.454 e. The van der Waals surface area contributed by atoms with Crippen LogP contribution < -0.4 is 5.56 Å². The van der Waals surface area contributed by atoms with Crippen molar-refractivity contribution >= 4 is 33.6 Å². The zero-order valence-corrected chi connectivity index (χ0v) is 17.7. The standard InChI is InChI=1S/C25H23N3O4/c1-15(24(30)19-14-26-20-8-4-2-6-17(19)20)32-23(29)13-12-22-27-21-9-5-3-7-18(21)25(31)28(22)16-10-11-16/h2-9,14-16,26H,10-13H2,1H3/t15-/m1/s1. The molecule has 0 aliphatic heterocycles. The van der Waals surface area contributed by atoms with Gasteiger partial charge in [-0.3, -0.25) is 19.0 Å². The number of benzene rings is 2. The summed E-state index contributed by atoms with van der Waals surface area (Å²) in [6.45, 7) is 1.58. The van der Waals surface area contributed by atoms with Gasteiger partial charge < -0.3 is 9.72 Å². The number of hydrogen-bond acceptors (Lipinski definition) is 5. The second kappa shape index (κ2) is 8.07. The van der Waals surface area contributed by atoms with E-state index in [9.17, 15) is 14.4 Å². The first kappa shape index (κ1) is 20.2. The highest BCUT2D eigenvalue weighted by molar-refractivity contribution is 6.10. The molecule has 1 N–H and O–H groups in total. The van der Waals surface area contributed by atoms with Gasteiger partial charge in [-0.25, -0.2) is 4.98 Å². The van der Waals surface area contributed by atoms with Crippen LogP contribution in [0.5, 0.6) is 0 Å². The molecule has 1 aliphatic rings. The smallest absolute Gasteiger partial charge is 0.306 e. The number of nitrogens with zero attached hydrogens (tertiary/aromatic N) is 2. The fraction of sp³-hybridized carbons (Fsp3) is 0.280. The Hall–Kier alpha value is -3.74. The second-order valence-corrected chi connectivity index (χ2v) is 8.20. The Bertz CT molecular complexity index is 1400. The number of esters is 1. The van der Waals surface area contributed by atoms with Crippen LogP contribution in [0.2, 0.25) is 0 Å². The molecule has 0 bridgehead atoms. The maximum Gasteiger partial charge on any atom is 0.306 e. The van der Waals surface area contributed by atoms with E-state index in [4.69, 9.17) is 4.74 Å². The van der Waals surface area contributed by atoms with Crippen molar-refractivity contribution in [3.8, 4) is 0 Å². The van der Waals surface area contributed by atoms with Gasteiger partial charge in [0, 0.05) is 35.1 Å². The van der Waals surface area contributed by atoms with Crippen molar-refractivity contribution in [2.45, 2.75) is 44.8 Å². The average Bonchev–Trinajstić information content (AvgIpc) is 3.54. The molecule has 5 rings (SSSR count). The van der Waals surface area contributed by atoms with Crippen LogP contribution in [-0.4, -0.2) is 32.4 Å². The van der Waals surface area contributed by atoms with Gasteiger partial charge in [0.15, 0.2) is 6.10 Å². The Morgan fingerprint density at radius 2 is 1.84 bits per heavy atom. The summed E-state index contributed by atoms with van der Waals surface area (Å²) in [5.74, 6) is -0.159. The first-order valence-corrected chi connectivity index (χ1v) is 10.8. The SMILES string of the molecule is C[C@@H](OC(=O)CCc1nc2ccccc2c(=O)n1C1CC1)C(=O)c1c[nH]c2ccccc12. The Balaban J connectivity index is 1.30. The van der Waals surface area contributed by atoms with E-state index in [0.29, 0.717) is 22.3 Å². The molecule has 1 saturated carbocycles. The number of nitrogens with one attached hydrogen (secondary N) is 1. The number of para-hydroxylation sites is 2. The summed E-state index contributed by atoms with van der Waals surface area (Å²) in [5, 5.41) is 1.39. The molecule has 1 atom stereocenters. The minimum absolute atomic E-state index is 0.0446. The number of aryl methyl sites for hydroxylation is 1. The third-order valence-corrected chi connectivity index (χ3v) is 5.88. The fourth-order valence-electron chi connectivity index (χ4n) is 4.10. The van der Waals surface area contributed by atoms with E-state index >= 15 is 0 Å². The lowest BCUT2D eigenvalue weighted by molar-refractivity contribution is -0.146. The predicted molar refractivity (Wildman–Crippen MR) is 121 cm³/mol. The molecule has 0 amide bonds. The molecule has 32 heavy (non-hydrogen) atoms. The highest BCUT2D eigenvalue weighted by Gasteiger charge is 2.29. The van der Waals surface area contributed by atoms with E-state index < -0.39 is 12.1 Å². The molecular weight excluding hydrogens is 406 g/mol. The second-order valence-electron chi connectivity index (χ2n) is 8.20. The van der Waals surface area contributed by atoms with Crippen molar-refractivity contribution in [3.63, 3.8) is 0 Å². The van der Waals surface area contributed by atoms with Gasteiger partial charge >= 0.3 is 5.97 Å². The summed E-state index contributed by atoms with van der Waals surface area (Å²) in [6, 6.07) is 14.9. The first-order chi connectivity index (χ1) is 15.5. The van der Waals surface area contributed by atoms with Gasteiger partial charge in [0.25, 0.3) is 5.56 Å². The summed E-state index contributed by atoms with van der Waals surface area (Å²) in [7, 11) is 0. The maximum atomic E-state index is 12.9. The van der Waals surface area contributed by atoms with Gasteiger partial charge in [-0.1, -0.05) is 30.3 Å². The topological polar surface area (TPSA) is 94.0 Å². The molecular formula is C25H23N3O4. The molecule has 0 spiro atoms. The number of ketones is 1. The van der Waals surface area contributed by atoms with E-state index in [0.717, 1.165) is 23.7 Å². The number of carbonyl (C=O) groups excluding carboxylic acids is 2. The van der Waals surface area contributed by atoms with Crippen molar-refractivity contribution < 1.29 is 14.3 Å². The molecule has 162 valence electrons. The zero-order valence-electron chi connectivity index (χ0n) is 17.7. The lowest BCUT2D eigenvalue weighted by Crippen LogP contribution is -2.27. The third kappa shape index (κ3) is 3.70. The van der Waals surface area contributed by atoms with Crippen LogP contribution in [0.3, 0.4) is 0 Å². The molecule has 4 aromatic rings.